The summed E-state index contributed by atoms with van der Waals surface area (Å²) in [5, 5.41) is 3.33. The molecule has 1 N–H and O–H groups in total. The van der Waals surface area contributed by atoms with E-state index >= 15 is 0 Å². The van der Waals surface area contributed by atoms with Crippen molar-refractivity contribution in [1.29, 1.82) is 0 Å². The molecule has 2 rings (SSSR count). The average molecular weight is 237 g/mol. The lowest BCUT2D eigenvalue weighted by molar-refractivity contribution is -0.124. The summed E-state index contributed by atoms with van der Waals surface area (Å²) >= 11 is 0. The number of amides is 1. The summed E-state index contributed by atoms with van der Waals surface area (Å²) < 4.78 is 0. The molecule has 0 spiro atoms. The minimum Gasteiger partial charge on any atom is -0.353 e. The van der Waals surface area contributed by atoms with E-state index in [2.05, 4.69) is 33.0 Å². The van der Waals surface area contributed by atoms with Gasteiger partial charge < -0.3 is 5.32 Å². The van der Waals surface area contributed by atoms with Gasteiger partial charge in [-0.1, -0.05) is 40.5 Å². The van der Waals surface area contributed by atoms with Crippen molar-refractivity contribution in [1.82, 2.24) is 5.32 Å². The van der Waals surface area contributed by atoms with Gasteiger partial charge in [-0.05, 0) is 36.5 Å². The molecule has 0 unspecified atom stereocenters. The van der Waals surface area contributed by atoms with Gasteiger partial charge in [-0.15, -0.1) is 0 Å². The fourth-order valence-corrected chi connectivity index (χ4v) is 3.32. The maximum atomic E-state index is 12.0. The minimum atomic E-state index is 0.313. The molecule has 17 heavy (non-hydrogen) atoms. The monoisotopic (exact) mass is 237 g/mol. The summed E-state index contributed by atoms with van der Waals surface area (Å²) in [5.41, 5.74) is 0.313. The lowest BCUT2D eigenvalue weighted by Crippen LogP contribution is -2.47. The van der Waals surface area contributed by atoms with Crippen LogP contribution in [0.4, 0.5) is 0 Å². The first kappa shape index (κ1) is 12.9. The van der Waals surface area contributed by atoms with E-state index in [4.69, 9.17) is 0 Å². The molecular weight excluding hydrogens is 210 g/mol. The second kappa shape index (κ2) is 4.62. The van der Waals surface area contributed by atoms with Crippen LogP contribution in [0.2, 0.25) is 0 Å². The van der Waals surface area contributed by atoms with Gasteiger partial charge in [-0.3, -0.25) is 4.79 Å². The zero-order valence-electron chi connectivity index (χ0n) is 11.8. The lowest BCUT2D eigenvalue weighted by atomic mass is 9.69. The molecule has 98 valence electrons. The van der Waals surface area contributed by atoms with Crippen LogP contribution in [0.5, 0.6) is 0 Å². The highest BCUT2D eigenvalue weighted by Crippen LogP contribution is 2.40. The van der Waals surface area contributed by atoms with Crippen LogP contribution in [-0.4, -0.2) is 11.9 Å². The van der Waals surface area contributed by atoms with Crippen molar-refractivity contribution in [2.75, 3.05) is 0 Å². The number of nitrogens with one attached hydrogen (secondary N) is 1. The molecule has 4 atom stereocenters. The van der Waals surface area contributed by atoms with Crippen LogP contribution < -0.4 is 5.32 Å². The quantitative estimate of drug-likeness (QED) is 0.784. The number of rotatable bonds is 2. The molecule has 2 aliphatic carbocycles. The van der Waals surface area contributed by atoms with Crippen molar-refractivity contribution in [3.8, 4) is 0 Å². The summed E-state index contributed by atoms with van der Waals surface area (Å²) in [5.74, 6) is 1.90. The van der Waals surface area contributed by atoms with Crippen molar-refractivity contribution in [2.24, 2.45) is 23.2 Å². The van der Waals surface area contributed by atoms with Gasteiger partial charge in [-0.2, -0.15) is 0 Å². The maximum Gasteiger partial charge on any atom is 0.223 e. The molecule has 2 fully saturated rings. The smallest absolute Gasteiger partial charge is 0.223 e. The molecule has 2 nitrogen and oxygen atoms in total. The Morgan fingerprint density at radius 3 is 2.29 bits per heavy atom. The van der Waals surface area contributed by atoms with E-state index in [0.29, 0.717) is 35.1 Å². The number of carbonyl (C=O) groups excluding carboxylic acids is 1. The van der Waals surface area contributed by atoms with Crippen LogP contribution in [-0.2, 0) is 4.79 Å². The van der Waals surface area contributed by atoms with Crippen LogP contribution >= 0.6 is 0 Å². The summed E-state index contributed by atoms with van der Waals surface area (Å²) in [4.78, 5) is 12.0. The van der Waals surface area contributed by atoms with Gasteiger partial charge in [0.15, 0.2) is 0 Å². The molecule has 2 aliphatic rings. The molecule has 0 heterocycles. The zero-order valence-corrected chi connectivity index (χ0v) is 11.8. The Morgan fingerprint density at radius 1 is 1.18 bits per heavy atom. The van der Waals surface area contributed by atoms with E-state index in [1.807, 2.05) is 0 Å². The average Bonchev–Trinajstić information content (AvgIpc) is 2.95. The number of hydrogen-bond donors (Lipinski definition) is 1. The second-order valence-corrected chi connectivity index (χ2v) is 7.19. The van der Waals surface area contributed by atoms with Crippen LogP contribution in [0.15, 0.2) is 0 Å². The van der Waals surface area contributed by atoms with Crippen LogP contribution in [0.1, 0.15) is 59.8 Å². The SMILES string of the molecule is C[C@@H]1C[C@@H]1C(=O)N[C@H]1CCCC[C@H]1C(C)(C)C. The maximum absolute atomic E-state index is 12.0. The Balaban J connectivity index is 1.94. The number of carbonyl (C=O) groups is 1. The van der Waals surface area contributed by atoms with Gasteiger partial charge in [0.25, 0.3) is 0 Å². The van der Waals surface area contributed by atoms with E-state index < -0.39 is 0 Å². The first-order valence-electron chi connectivity index (χ1n) is 7.20. The predicted molar refractivity (Wildman–Crippen MR) is 70.6 cm³/mol. The highest BCUT2D eigenvalue weighted by Gasteiger charge is 2.42. The van der Waals surface area contributed by atoms with E-state index in [0.717, 1.165) is 6.42 Å². The third kappa shape index (κ3) is 3.02. The molecule has 1 amide bonds. The van der Waals surface area contributed by atoms with Crippen molar-refractivity contribution in [2.45, 2.75) is 65.8 Å². The Hall–Kier alpha value is -0.530. The van der Waals surface area contributed by atoms with E-state index in [9.17, 15) is 4.79 Å². The summed E-state index contributed by atoms with van der Waals surface area (Å²) in [6.45, 7) is 9.10. The predicted octanol–water partition coefficient (Wildman–Crippen LogP) is 3.36. The third-order valence-corrected chi connectivity index (χ3v) is 4.65. The third-order valence-electron chi connectivity index (χ3n) is 4.65. The van der Waals surface area contributed by atoms with E-state index in [1.165, 1.54) is 25.7 Å². The van der Waals surface area contributed by atoms with E-state index in [-0.39, 0.29) is 0 Å². The Labute approximate surface area is 106 Å². The fourth-order valence-electron chi connectivity index (χ4n) is 3.32. The zero-order chi connectivity index (χ0) is 12.6. The fraction of sp³-hybridized carbons (Fsp3) is 0.933. The molecule has 0 bridgehead atoms. The van der Waals surface area contributed by atoms with E-state index in [1.54, 1.807) is 0 Å². The van der Waals surface area contributed by atoms with Gasteiger partial charge in [0, 0.05) is 12.0 Å². The first-order valence-corrected chi connectivity index (χ1v) is 7.20. The summed E-state index contributed by atoms with van der Waals surface area (Å²) in [7, 11) is 0. The molecule has 0 aromatic heterocycles. The highest BCUT2D eigenvalue weighted by atomic mass is 16.2. The molecular formula is C15H27NO. The molecule has 0 aromatic carbocycles. The molecule has 2 heteroatoms. The first-order chi connectivity index (χ1) is 7.89. The lowest BCUT2D eigenvalue weighted by Gasteiger charge is -2.40. The van der Waals surface area contributed by atoms with Crippen molar-refractivity contribution < 1.29 is 4.79 Å². The summed E-state index contributed by atoms with van der Waals surface area (Å²) in [6, 6.07) is 0.420. The molecule has 0 aromatic rings. The standard InChI is InChI=1S/C15H27NO/c1-10-9-11(10)14(17)16-13-8-6-5-7-12(13)15(2,3)4/h10-13H,5-9H2,1-4H3,(H,16,17)/t10-,11+,12-,13+/m1/s1. The molecule has 0 radical (unpaired) electrons. The largest absolute Gasteiger partial charge is 0.353 e. The van der Waals surface area contributed by atoms with Crippen LogP contribution in [0.25, 0.3) is 0 Å². The normalized spacial score (nSPS) is 37.6. The van der Waals surface area contributed by atoms with Crippen molar-refractivity contribution in [3.05, 3.63) is 0 Å². The second-order valence-electron chi connectivity index (χ2n) is 7.19. The van der Waals surface area contributed by atoms with Gasteiger partial charge >= 0.3 is 0 Å². The van der Waals surface area contributed by atoms with Crippen molar-refractivity contribution in [3.63, 3.8) is 0 Å². The van der Waals surface area contributed by atoms with Gasteiger partial charge in [0.2, 0.25) is 5.91 Å². The van der Waals surface area contributed by atoms with Gasteiger partial charge in [0.1, 0.15) is 0 Å². The molecule has 2 saturated carbocycles. The Bertz CT molecular complexity index is 292. The Kier molecular flexibility index (Phi) is 3.51. The van der Waals surface area contributed by atoms with Crippen molar-refractivity contribution >= 4 is 5.91 Å². The number of hydrogen-bond acceptors (Lipinski definition) is 1. The topological polar surface area (TPSA) is 29.1 Å². The van der Waals surface area contributed by atoms with Gasteiger partial charge in [0.05, 0.1) is 0 Å². The van der Waals surface area contributed by atoms with Crippen LogP contribution in [0.3, 0.4) is 0 Å². The molecule has 0 saturated heterocycles. The minimum absolute atomic E-state index is 0.313. The summed E-state index contributed by atoms with van der Waals surface area (Å²) in [6.07, 6.45) is 6.15. The van der Waals surface area contributed by atoms with Crippen LogP contribution in [0, 0.1) is 23.2 Å². The Morgan fingerprint density at radius 2 is 1.76 bits per heavy atom. The van der Waals surface area contributed by atoms with Gasteiger partial charge in [-0.25, -0.2) is 0 Å². The highest BCUT2D eigenvalue weighted by molar-refractivity contribution is 5.81. The molecule has 0 aliphatic heterocycles.